The van der Waals surface area contributed by atoms with Crippen molar-refractivity contribution in [1.82, 2.24) is 9.97 Å². The molecule has 3 aromatic rings. The SMILES string of the molecule is c1cnc2[nH]cc(-c3ccc(OC4CC4)cc3)c2c1. The molecule has 0 atom stereocenters. The van der Waals surface area contributed by atoms with Crippen molar-refractivity contribution < 1.29 is 4.74 Å². The van der Waals surface area contributed by atoms with E-state index >= 15 is 0 Å². The highest BCUT2D eigenvalue weighted by molar-refractivity contribution is 5.93. The number of aromatic amines is 1. The fourth-order valence-corrected chi connectivity index (χ4v) is 2.29. The Balaban J connectivity index is 1.70. The second kappa shape index (κ2) is 4.12. The number of fused-ring (bicyclic) bond motifs is 1. The van der Waals surface area contributed by atoms with Gasteiger partial charge in [0.1, 0.15) is 11.4 Å². The Bertz CT molecular complexity index is 711. The number of hydrogen-bond acceptors (Lipinski definition) is 2. The van der Waals surface area contributed by atoms with Crippen LogP contribution in [0.1, 0.15) is 12.8 Å². The molecule has 1 aliphatic rings. The number of aromatic nitrogens is 2. The van der Waals surface area contributed by atoms with Crippen LogP contribution >= 0.6 is 0 Å². The summed E-state index contributed by atoms with van der Waals surface area (Å²) in [5, 5.41) is 1.15. The fourth-order valence-electron chi connectivity index (χ4n) is 2.29. The minimum atomic E-state index is 0.447. The number of nitrogens with one attached hydrogen (secondary N) is 1. The zero-order valence-corrected chi connectivity index (χ0v) is 10.5. The van der Waals surface area contributed by atoms with E-state index in [2.05, 4.69) is 28.2 Å². The van der Waals surface area contributed by atoms with Crippen LogP contribution < -0.4 is 4.74 Å². The number of H-pyrrole nitrogens is 1. The zero-order chi connectivity index (χ0) is 12.7. The first-order valence-electron chi connectivity index (χ1n) is 6.59. The molecule has 1 aliphatic carbocycles. The number of benzene rings is 1. The fraction of sp³-hybridized carbons (Fsp3) is 0.188. The van der Waals surface area contributed by atoms with Gasteiger partial charge in [-0.25, -0.2) is 4.98 Å². The molecular weight excluding hydrogens is 236 g/mol. The third-order valence-electron chi connectivity index (χ3n) is 3.44. The largest absolute Gasteiger partial charge is 0.490 e. The maximum Gasteiger partial charge on any atom is 0.137 e. The summed E-state index contributed by atoms with van der Waals surface area (Å²) in [5.74, 6) is 0.962. The van der Waals surface area contributed by atoms with Crippen LogP contribution in [0.5, 0.6) is 5.75 Å². The Morgan fingerprint density at radius 1 is 1.11 bits per heavy atom. The first kappa shape index (κ1) is 10.6. The second-order valence-corrected chi connectivity index (χ2v) is 4.94. The number of ether oxygens (including phenoxy) is 1. The van der Waals surface area contributed by atoms with E-state index < -0.39 is 0 Å². The molecule has 1 saturated carbocycles. The van der Waals surface area contributed by atoms with E-state index in [4.69, 9.17) is 4.74 Å². The minimum absolute atomic E-state index is 0.447. The molecule has 0 unspecified atom stereocenters. The van der Waals surface area contributed by atoms with E-state index in [1.807, 2.05) is 24.4 Å². The van der Waals surface area contributed by atoms with Gasteiger partial charge >= 0.3 is 0 Å². The van der Waals surface area contributed by atoms with Gasteiger partial charge in [-0.05, 0) is 42.7 Å². The molecule has 2 aromatic heterocycles. The van der Waals surface area contributed by atoms with Gasteiger partial charge in [0.15, 0.2) is 0 Å². The van der Waals surface area contributed by atoms with Gasteiger partial charge in [-0.2, -0.15) is 0 Å². The standard InChI is InChI=1S/C16H14N2O/c1-2-14-15(10-18-16(14)17-9-1)11-3-5-12(6-4-11)19-13-7-8-13/h1-6,9-10,13H,7-8H2,(H,17,18). The van der Waals surface area contributed by atoms with Crippen LogP contribution in [-0.4, -0.2) is 16.1 Å². The van der Waals surface area contributed by atoms with Crippen LogP contribution in [0.15, 0.2) is 48.8 Å². The Morgan fingerprint density at radius 2 is 1.95 bits per heavy atom. The molecule has 94 valence electrons. The summed E-state index contributed by atoms with van der Waals surface area (Å²) in [4.78, 5) is 7.51. The molecule has 1 N–H and O–H groups in total. The maximum absolute atomic E-state index is 5.76. The molecule has 4 rings (SSSR count). The lowest BCUT2D eigenvalue weighted by Crippen LogP contribution is -1.94. The van der Waals surface area contributed by atoms with Crippen LogP contribution in [0, 0.1) is 0 Å². The van der Waals surface area contributed by atoms with E-state index in [0.29, 0.717) is 6.10 Å². The average Bonchev–Trinajstić information content (AvgIpc) is 3.16. The lowest BCUT2D eigenvalue weighted by atomic mass is 10.1. The summed E-state index contributed by atoms with van der Waals surface area (Å²) in [7, 11) is 0. The molecule has 3 heteroatoms. The highest BCUT2D eigenvalue weighted by Gasteiger charge is 2.23. The normalized spacial score (nSPS) is 14.7. The molecule has 2 heterocycles. The van der Waals surface area contributed by atoms with Crippen LogP contribution in [0.4, 0.5) is 0 Å². The van der Waals surface area contributed by atoms with E-state index in [-0.39, 0.29) is 0 Å². The van der Waals surface area contributed by atoms with Crippen molar-refractivity contribution in [3.05, 3.63) is 48.8 Å². The molecule has 19 heavy (non-hydrogen) atoms. The molecule has 0 amide bonds. The highest BCUT2D eigenvalue weighted by Crippen LogP contribution is 2.31. The van der Waals surface area contributed by atoms with Crippen LogP contribution in [0.2, 0.25) is 0 Å². The third-order valence-corrected chi connectivity index (χ3v) is 3.44. The minimum Gasteiger partial charge on any atom is -0.490 e. The van der Waals surface area contributed by atoms with Gasteiger partial charge in [0.25, 0.3) is 0 Å². The number of hydrogen-bond donors (Lipinski definition) is 1. The molecule has 1 fully saturated rings. The molecule has 0 radical (unpaired) electrons. The Hall–Kier alpha value is -2.29. The van der Waals surface area contributed by atoms with Crippen molar-refractivity contribution in [1.29, 1.82) is 0 Å². The number of nitrogens with zero attached hydrogens (tertiary/aromatic N) is 1. The Morgan fingerprint density at radius 3 is 2.74 bits per heavy atom. The van der Waals surface area contributed by atoms with Crippen molar-refractivity contribution in [3.8, 4) is 16.9 Å². The average molecular weight is 250 g/mol. The van der Waals surface area contributed by atoms with Crippen molar-refractivity contribution in [2.75, 3.05) is 0 Å². The molecule has 0 aliphatic heterocycles. The van der Waals surface area contributed by atoms with Crippen molar-refractivity contribution in [3.63, 3.8) is 0 Å². The highest BCUT2D eigenvalue weighted by atomic mass is 16.5. The summed E-state index contributed by atoms with van der Waals surface area (Å²) in [6.07, 6.45) is 6.64. The third kappa shape index (κ3) is 1.97. The monoisotopic (exact) mass is 250 g/mol. The summed E-state index contributed by atoms with van der Waals surface area (Å²) < 4.78 is 5.76. The molecule has 0 bridgehead atoms. The van der Waals surface area contributed by atoms with Crippen molar-refractivity contribution in [2.24, 2.45) is 0 Å². The van der Waals surface area contributed by atoms with E-state index in [0.717, 1.165) is 16.8 Å². The van der Waals surface area contributed by atoms with Gasteiger partial charge in [0.2, 0.25) is 0 Å². The Labute approximate surface area is 111 Å². The van der Waals surface area contributed by atoms with Crippen LogP contribution in [0.3, 0.4) is 0 Å². The van der Waals surface area contributed by atoms with Crippen molar-refractivity contribution in [2.45, 2.75) is 18.9 Å². The first-order chi connectivity index (χ1) is 9.40. The van der Waals surface area contributed by atoms with Gasteiger partial charge in [-0.1, -0.05) is 12.1 Å². The molecular formula is C16H14N2O. The molecule has 3 nitrogen and oxygen atoms in total. The van der Waals surface area contributed by atoms with Crippen molar-refractivity contribution >= 4 is 11.0 Å². The maximum atomic E-state index is 5.76. The zero-order valence-electron chi connectivity index (χ0n) is 10.5. The molecule has 0 spiro atoms. The van der Waals surface area contributed by atoms with Gasteiger partial charge < -0.3 is 9.72 Å². The van der Waals surface area contributed by atoms with Crippen LogP contribution in [0.25, 0.3) is 22.2 Å². The number of pyridine rings is 1. The van der Waals surface area contributed by atoms with Crippen LogP contribution in [-0.2, 0) is 0 Å². The smallest absolute Gasteiger partial charge is 0.137 e. The van der Waals surface area contributed by atoms with E-state index in [9.17, 15) is 0 Å². The quantitative estimate of drug-likeness (QED) is 0.768. The summed E-state index contributed by atoms with van der Waals surface area (Å²) in [6.45, 7) is 0. The summed E-state index contributed by atoms with van der Waals surface area (Å²) in [6, 6.07) is 12.3. The Kier molecular flexibility index (Phi) is 2.30. The topological polar surface area (TPSA) is 37.9 Å². The van der Waals surface area contributed by atoms with Gasteiger partial charge in [0.05, 0.1) is 6.10 Å². The summed E-state index contributed by atoms with van der Waals surface area (Å²) >= 11 is 0. The number of rotatable bonds is 3. The van der Waals surface area contributed by atoms with E-state index in [1.54, 1.807) is 6.20 Å². The first-order valence-corrected chi connectivity index (χ1v) is 6.59. The van der Waals surface area contributed by atoms with E-state index in [1.165, 1.54) is 24.0 Å². The van der Waals surface area contributed by atoms with Gasteiger partial charge in [-0.3, -0.25) is 0 Å². The lowest BCUT2D eigenvalue weighted by molar-refractivity contribution is 0.303. The van der Waals surface area contributed by atoms with Gasteiger partial charge in [0, 0.05) is 23.3 Å². The predicted octanol–water partition coefficient (Wildman–Crippen LogP) is 3.77. The molecule has 0 saturated heterocycles. The lowest BCUT2D eigenvalue weighted by Gasteiger charge is -2.05. The van der Waals surface area contributed by atoms with Gasteiger partial charge in [-0.15, -0.1) is 0 Å². The predicted molar refractivity (Wildman–Crippen MR) is 75.2 cm³/mol. The second-order valence-electron chi connectivity index (χ2n) is 4.94. The molecule has 1 aromatic carbocycles. The summed E-state index contributed by atoms with van der Waals surface area (Å²) in [5.41, 5.74) is 3.29.